The Morgan fingerprint density at radius 3 is 2.60 bits per heavy atom. The maximum absolute atomic E-state index is 12.0. The molecule has 0 aliphatic carbocycles. The molecule has 0 saturated heterocycles. The number of nitriles is 1. The monoisotopic (exact) mass is 338 g/mol. The summed E-state index contributed by atoms with van der Waals surface area (Å²) in [5.41, 5.74) is 1.30. The number of hydrogen-bond donors (Lipinski definition) is 4. The summed E-state index contributed by atoms with van der Waals surface area (Å²) in [7, 11) is 0. The van der Waals surface area contributed by atoms with Crippen LogP contribution in [-0.4, -0.2) is 27.8 Å². The maximum atomic E-state index is 12.0. The molecule has 0 saturated carbocycles. The molecule has 128 valence electrons. The lowest BCUT2D eigenvalue weighted by atomic mass is 10.1. The second-order valence-corrected chi connectivity index (χ2v) is 5.45. The average molecular weight is 338 g/mol. The minimum absolute atomic E-state index is 0.0950. The van der Waals surface area contributed by atoms with Crippen molar-refractivity contribution in [2.24, 2.45) is 0 Å². The molecular formula is C19H18N2O4. The zero-order valence-corrected chi connectivity index (χ0v) is 13.4. The Hall–Kier alpha value is -3.46. The largest absolute Gasteiger partial charge is 0.508 e. The van der Waals surface area contributed by atoms with E-state index in [9.17, 15) is 20.1 Å². The number of carbonyl (C=O) groups excluding carboxylic acids is 1. The predicted octanol–water partition coefficient (Wildman–Crippen LogP) is 2.46. The van der Waals surface area contributed by atoms with Crippen LogP contribution in [0.2, 0.25) is 0 Å². The van der Waals surface area contributed by atoms with Crippen LogP contribution in [0, 0.1) is 11.3 Å². The van der Waals surface area contributed by atoms with Crippen molar-refractivity contribution in [2.45, 2.75) is 12.8 Å². The zero-order chi connectivity index (χ0) is 18.2. The highest BCUT2D eigenvalue weighted by molar-refractivity contribution is 6.01. The van der Waals surface area contributed by atoms with Gasteiger partial charge in [-0.15, -0.1) is 0 Å². The Labute approximate surface area is 145 Å². The third-order valence-corrected chi connectivity index (χ3v) is 3.51. The van der Waals surface area contributed by atoms with Gasteiger partial charge in [-0.25, -0.2) is 0 Å². The van der Waals surface area contributed by atoms with Gasteiger partial charge in [0.15, 0.2) is 11.5 Å². The number of nitrogens with one attached hydrogen (secondary N) is 1. The third kappa shape index (κ3) is 5.29. The highest BCUT2D eigenvalue weighted by Crippen LogP contribution is 2.25. The topological polar surface area (TPSA) is 114 Å². The van der Waals surface area contributed by atoms with E-state index < -0.39 is 5.91 Å². The molecule has 2 aromatic rings. The Balaban J connectivity index is 1.90. The molecule has 0 atom stereocenters. The fraction of sp³-hybridized carbons (Fsp3) is 0.158. The molecule has 0 spiro atoms. The lowest BCUT2D eigenvalue weighted by molar-refractivity contribution is -0.117. The number of aromatic hydroxyl groups is 3. The van der Waals surface area contributed by atoms with Gasteiger partial charge in [0.05, 0.1) is 0 Å². The van der Waals surface area contributed by atoms with E-state index in [-0.39, 0.29) is 22.8 Å². The van der Waals surface area contributed by atoms with E-state index in [1.165, 1.54) is 24.3 Å². The Kier molecular flexibility index (Phi) is 6.02. The molecule has 0 aromatic heterocycles. The van der Waals surface area contributed by atoms with Crippen LogP contribution in [0.4, 0.5) is 0 Å². The molecule has 6 nitrogen and oxygen atoms in total. The molecule has 2 rings (SSSR count). The first kappa shape index (κ1) is 17.9. The molecule has 0 heterocycles. The molecule has 2 aromatic carbocycles. The van der Waals surface area contributed by atoms with Crippen molar-refractivity contribution >= 4 is 12.0 Å². The van der Waals surface area contributed by atoms with E-state index in [0.29, 0.717) is 24.9 Å². The molecule has 0 bridgehead atoms. The fourth-order valence-corrected chi connectivity index (χ4v) is 2.25. The van der Waals surface area contributed by atoms with Crippen molar-refractivity contribution in [3.05, 3.63) is 59.2 Å². The minimum Gasteiger partial charge on any atom is -0.508 e. The summed E-state index contributed by atoms with van der Waals surface area (Å²) in [5.74, 6) is -0.899. The lowest BCUT2D eigenvalue weighted by Crippen LogP contribution is -2.25. The van der Waals surface area contributed by atoms with Gasteiger partial charge in [-0.05, 0) is 54.3 Å². The van der Waals surface area contributed by atoms with E-state index in [4.69, 9.17) is 5.26 Å². The number of rotatable bonds is 6. The summed E-state index contributed by atoms with van der Waals surface area (Å²) < 4.78 is 0. The number of carbonyl (C=O) groups is 1. The number of amides is 1. The molecule has 0 radical (unpaired) electrons. The average Bonchev–Trinajstić information content (AvgIpc) is 2.59. The number of phenols is 3. The minimum atomic E-state index is -0.508. The number of nitrogens with zero attached hydrogens (tertiary/aromatic N) is 1. The van der Waals surface area contributed by atoms with Gasteiger partial charge in [-0.3, -0.25) is 4.79 Å². The highest BCUT2D eigenvalue weighted by Gasteiger charge is 2.09. The fourth-order valence-electron chi connectivity index (χ4n) is 2.25. The second kappa shape index (κ2) is 8.41. The van der Waals surface area contributed by atoms with Gasteiger partial charge >= 0.3 is 0 Å². The number of aryl methyl sites for hydroxylation is 1. The Morgan fingerprint density at radius 1 is 1.12 bits per heavy atom. The Bertz CT molecular complexity index is 838. The van der Waals surface area contributed by atoms with Gasteiger partial charge in [-0.1, -0.05) is 18.2 Å². The second-order valence-electron chi connectivity index (χ2n) is 5.45. The van der Waals surface area contributed by atoms with Gasteiger partial charge in [-0.2, -0.15) is 5.26 Å². The van der Waals surface area contributed by atoms with Crippen LogP contribution in [0.25, 0.3) is 6.08 Å². The van der Waals surface area contributed by atoms with Crippen molar-refractivity contribution in [3.63, 3.8) is 0 Å². The molecule has 0 aliphatic rings. The van der Waals surface area contributed by atoms with Crippen LogP contribution in [0.3, 0.4) is 0 Å². The number of hydrogen-bond acceptors (Lipinski definition) is 5. The van der Waals surface area contributed by atoms with Crippen LogP contribution in [0.15, 0.2) is 48.0 Å². The lowest BCUT2D eigenvalue weighted by Gasteiger charge is -2.05. The van der Waals surface area contributed by atoms with Crippen molar-refractivity contribution in [2.75, 3.05) is 6.54 Å². The first-order valence-corrected chi connectivity index (χ1v) is 7.69. The standard InChI is InChI=1S/C19H18N2O4/c20-12-15(9-14-6-7-17(23)18(24)11-14)19(25)21-8-2-4-13-3-1-5-16(22)10-13/h1,3,5-7,9-11,22-24H,2,4,8H2,(H,21,25). The molecule has 0 aliphatic heterocycles. The van der Waals surface area contributed by atoms with Crippen LogP contribution in [0.5, 0.6) is 17.2 Å². The molecule has 0 fully saturated rings. The smallest absolute Gasteiger partial charge is 0.261 e. The van der Waals surface area contributed by atoms with E-state index in [1.807, 2.05) is 12.1 Å². The number of phenolic OH excluding ortho intramolecular Hbond substituents is 3. The van der Waals surface area contributed by atoms with Gasteiger partial charge in [0.1, 0.15) is 17.4 Å². The SMILES string of the molecule is N#CC(=Cc1ccc(O)c(O)c1)C(=O)NCCCc1cccc(O)c1. The Morgan fingerprint density at radius 2 is 1.92 bits per heavy atom. The first-order chi connectivity index (χ1) is 12.0. The normalized spacial score (nSPS) is 10.9. The molecular weight excluding hydrogens is 320 g/mol. The summed E-state index contributed by atoms with van der Waals surface area (Å²) >= 11 is 0. The molecule has 6 heteroatoms. The van der Waals surface area contributed by atoms with Gasteiger partial charge in [0.25, 0.3) is 5.91 Å². The molecule has 0 unspecified atom stereocenters. The van der Waals surface area contributed by atoms with Crippen LogP contribution < -0.4 is 5.32 Å². The summed E-state index contributed by atoms with van der Waals surface area (Å²) in [4.78, 5) is 12.0. The van der Waals surface area contributed by atoms with E-state index in [0.717, 1.165) is 5.56 Å². The zero-order valence-electron chi connectivity index (χ0n) is 13.4. The van der Waals surface area contributed by atoms with Crippen molar-refractivity contribution in [1.29, 1.82) is 5.26 Å². The van der Waals surface area contributed by atoms with Crippen molar-refractivity contribution < 1.29 is 20.1 Å². The summed E-state index contributed by atoms with van der Waals surface area (Å²) in [5, 5.41) is 39.9. The first-order valence-electron chi connectivity index (χ1n) is 7.69. The third-order valence-electron chi connectivity index (χ3n) is 3.51. The molecule has 4 N–H and O–H groups in total. The van der Waals surface area contributed by atoms with E-state index >= 15 is 0 Å². The van der Waals surface area contributed by atoms with Gasteiger partial charge in [0.2, 0.25) is 0 Å². The summed E-state index contributed by atoms with van der Waals surface area (Å²) in [6.45, 7) is 0.383. The predicted molar refractivity (Wildman–Crippen MR) is 92.8 cm³/mol. The van der Waals surface area contributed by atoms with Crippen molar-refractivity contribution in [1.82, 2.24) is 5.32 Å². The van der Waals surface area contributed by atoms with Gasteiger partial charge < -0.3 is 20.6 Å². The quantitative estimate of drug-likeness (QED) is 0.280. The summed E-state index contributed by atoms with van der Waals surface area (Å²) in [6, 6.07) is 12.8. The molecule has 25 heavy (non-hydrogen) atoms. The van der Waals surface area contributed by atoms with E-state index in [2.05, 4.69) is 5.32 Å². The maximum Gasteiger partial charge on any atom is 0.261 e. The number of benzene rings is 2. The van der Waals surface area contributed by atoms with Crippen LogP contribution in [0.1, 0.15) is 17.5 Å². The van der Waals surface area contributed by atoms with Gasteiger partial charge in [0, 0.05) is 6.54 Å². The van der Waals surface area contributed by atoms with Crippen LogP contribution >= 0.6 is 0 Å². The van der Waals surface area contributed by atoms with Crippen molar-refractivity contribution in [3.8, 4) is 23.3 Å². The molecule has 1 amide bonds. The van der Waals surface area contributed by atoms with E-state index in [1.54, 1.807) is 18.2 Å². The van der Waals surface area contributed by atoms with Crippen LogP contribution in [-0.2, 0) is 11.2 Å². The highest BCUT2D eigenvalue weighted by atomic mass is 16.3. The summed E-state index contributed by atoms with van der Waals surface area (Å²) in [6.07, 6.45) is 2.68.